The van der Waals surface area contributed by atoms with Gasteiger partial charge in [0.25, 0.3) is 0 Å². The molecule has 0 saturated heterocycles. The maximum absolute atomic E-state index is 5.23. The summed E-state index contributed by atoms with van der Waals surface area (Å²) in [4.78, 5) is 0. The van der Waals surface area contributed by atoms with Gasteiger partial charge in [0.05, 0.1) is 23.5 Å². The molecule has 0 spiro atoms. The van der Waals surface area contributed by atoms with Crippen LogP contribution in [0.2, 0.25) is 0 Å². The lowest BCUT2D eigenvalue weighted by molar-refractivity contribution is 0.393. The molecular formula is C68H104Br2N4S2. The maximum atomic E-state index is 5.23. The third kappa shape index (κ3) is 16.3. The maximum Gasteiger partial charge on any atom is 0.119 e. The van der Waals surface area contributed by atoms with E-state index in [4.69, 9.17) is 17.5 Å². The number of hydrogen-bond donors (Lipinski definition) is 0. The molecule has 2 aliphatic rings. The van der Waals surface area contributed by atoms with E-state index in [1.807, 2.05) is 0 Å². The second-order valence-corrected chi connectivity index (χ2v) is 27.1. The Morgan fingerprint density at radius 2 is 0.513 bits per heavy atom. The van der Waals surface area contributed by atoms with Crippen molar-refractivity contribution in [3.63, 3.8) is 0 Å². The molecule has 3 aromatic carbocycles. The van der Waals surface area contributed by atoms with Gasteiger partial charge in [0.2, 0.25) is 0 Å². The van der Waals surface area contributed by atoms with Gasteiger partial charge in [0.15, 0.2) is 0 Å². The van der Waals surface area contributed by atoms with E-state index in [1.165, 1.54) is 339 Å². The highest BCUT2D eigenvalue weighted by Gasteiger charge is 2.49. The van der Waals surface area contributed by atoms with Gasteiger partial charge < -0.3 is 0 Å². The van der Waals surface area contributed by atoms with E-state index in [9.17, 15) is 0 Å². The summed E-state index contributed by atoms with van der Waals surface area (Å²) < 4.78 is 22.7. The molecule has 8 heteroatoms. The Balaban J connectivity index is 1.25. The molecular weight excluding hydrogens is 1100 g/mol. The molecule has 2 aromatic heterocycles. The fourth-order valence-corrected chi connectivity index (χ4v) is 16.6. The highest BCUT2D eigenvalue weighted by molar-refractivity contribution is 9.11. The van der Waals surface area contributed by atoms with Gasteiger partial charge in [-0.3, -0.25) is 0 Å². The van der Waals surface area contributed by atoms with E-state index in [1.54, 1.807) is 11.1 Å². The number of fused-ring (bicyclic) bond motifs is 10. The molecule has 0 unspecified atom stereocenters. The first-order chi connectivity index (χ1) is 37.5. The van der Waals surface area contributed by atoms with E-state index >= 15 is 0 Å². The summed E-state index contributed by atoms with van der Waals surface area (Å²) in [5.74, 6) is 0. The number of aromatic nitrogens is 4. The van der Waals surface area contributed by atoms with Crippen molar-refractivity contribution in [2.45, 2.75) is 321 Å². The van der Waals surface area contributed by atoms with Crippen molar-refractivity contribution < 1.29 is 0 Å². The van der Waals surface area contributed by atoms with Crippen molar-refractivity contribution in [2.24, 2.45) is 0 Å². The van der Waals surface area contributed by atoms with Crippen LogP contribution in [-0.2, 0) is 10.8 Å². The Bertz CT molecular complexity index is 2220. The van der Waals surface area contributed by atoms with Gasteiger partial charge in [-0.05, 0) is 115 Å². The van der Waals surface area contributed by atoms with E-state index in [2.05, 4.69) is 83.8 Å². The van der Waals surface area contributed by atoms with Crippen LogP contribution in [0.3, 0.4) is 0 Å². The van der Waals surface area contributed by atoms with Crippen molar-refractivity contribution in [1.82, 2.24) is 17.5 Å². The molecule has 7 rings (SSSR count). The zero-order chi connectivity index (χ0) is 53.3. The van der Waals surface area contributed by atoms with Crippen LogP contribution in [0.25, 0.3) is 44.3 Å². The highest BCUT2D eigenvalue weighted by atomic mass is 79.9. The average Bonchev–Trinajstić information content (AvgIpc) is 4.38. The lowest BCUT2D eigenvalue weighted by atomic mass is 9.68. The molecule has 0 aliphatic heterocycles. The number of rotatable bonds is 44. The first kappa shape index (κ1) is 61.9. The summed E-state index contributed by atoms with van der Waals surface area (Å²) in [6.45, 7) is 9.31. The minimum atomic E-state index is -0.0758. The first-order valence-electron chi connectivity index (χ1n) is 32.6. The van der Waals surface area contributed by atoms with Gasteiger partial charge in [-0.15, -0.1) is 0 Å². The van der Waals surface area contributed by atoms with Crippen LogP contribution in [0.5, 0.6) is 0 Å². The Morgan fingerprint density at radius 3 is 0.763 bits per heavy atom. The smallest absolute Gasteiger partial charge is 0.119 e. The Kier molecular flexibility index (Phi) is 27.6. The standard InChI is InChI=1S/C68H104Br2N4S2/c1-5-9-13-17-21-25-29-33-37-41-45-67(46-42-38-34-30-26-22-18-14-10-6-2)55-49-54-56(50-53(55)61-57(67)51-59(69)63-65(61)73-75-71-63)68(47-43-39-35-31-27-23-19-15-11-7-3,48-44-40-36-32-28-24-20-16-12-8-4)58-52-60(70)64-66(62(54)58)74-76-72-64/h49-52H,5-48H2,1-4H3. The summed E-state index contributed by atoms with van der Waals surface area (Å²) in [7, 11) is 0. The number of benzene rings is 3. The SMILES string of the molecule is CCCCCCCCCCCCC1(CCCCCCCCCCCC)c2cc3c(cc2-c2c1cc(Br)c1nsnc21)C(CCCCCCCCCCCC)(CCCCCCCCCCCC)c1cc(Br)c2nsnc2c1-3. The predicted octanol–water partition coefficient (Wildman–Crippen LogP) is 25.0. The van der Waals surface area contributed by atoms with Gasteiger partial charge in [-0.2, -0.15) is 17.5 Å². The van der Waals surface area contributed by atoms with Crippen molar-refractivity contribution in [3.05, 3.63) is 55.5 Å². The van der Waals surface area contributed by atoms with E-state index in [0.717, 1.165) is 31.0 Å². The first-order valence-corrected chi connectivity index (χ1v) is 35.6. The van der Waals surface area contributed by atoms with Gasteiger partial charge in [0.1, 0.15) is 22.1 Å². The molecule has 0 amide bonds. The molecule has 2 aliphatic carbocycles. The van der Waals surface area contributed by atoms with Crippen LogP contribution in [0.15, 0.2) is 33.2 Å². The van der Waals surface area contributed by atoms with Crippen molar-refractivity contribution in [1.29, 1.82) is 0 Å². The van der Waals surface area contributed by atoms with Gasteiger partial charge in [-0.25, -0.2) is 0 Å². The molecule has 0 bridgehead atoms. The second kappa shape index (κ2) is 33.9. The minimum absolute atomic E-state index is 0.0758. The van der Waals surface area contributed by atoms with E-state index in [0.29, 0.717) is 0 Å². The minimum Gasteiger partial charge on any atom is -0.172 e. The number of nitrogens with zero attached hydrogens (tertiary/aromatic N) is 4. The van der Waals surface area contributed by atoms with Crippen LogP contribution in [0.1, 0.15) is 332 Å². The summed E-state index contributed by atoms with van der Waals surface area (Å²) in [6.07, 6.45) is 59.3. The quantitative estimate of drug-likeness (QED) is 0.0365. The summed E-state index contributed by atoms with van der Waals surface area (Å²) in [5.41, 5.74) is 16.1. The normalized spacial score (nSPS) is 14.1. The zero-order valence-corrected chi connectivity index (χ0v) is 53.6. The van der Waals surface area contributed by atoms with Crippen molar-refractivity contribution in [3.8, 4) is 22.3 Å². The van der Waals surface area contributed by atoms with Crippen LogP contribution in [0.4, 0.5) is 0 Å². The molecule has 0 fully saturated rings. The number of hydrogen-bond acceptors (Lipinski definition) is 6. The number of halogens is 2. The summed E-state index contributed by atoms with van der Waals surface area (Å²) >= 11 is 11.0. The van der Waals surface area contributed by atoms with Crippen molar-refractivity contribution >= 4 is 77.4 Å². The highest BCUT2D eigenvalue weighted by Crippen LogP contribution is 2.63. The van der Waals surface area contributed by atoms with Gasteiger partial charge >= 0.3 is 0 Å². The summed E-state index contributed by atoms with van der Waals surface area (Å²) in [6, 6.07) is 10.6. The summed E-state index contributed by atoms with van der Waals surface area (Å²) in [5, 5.41) is 0. The van der Waals surface area contributed by atoms with Crippen LogP contribution < -0.4 is 0 Å². The molecule has 0 atom stereocenters. The van der Waals surface area contributed by atoms with E-state index in [-0.39, 0.29) is 10.8 Å². The van der Waals surface area contributed by atoms with Crippen LogP contribution >= 0.6 is 55.3 Å². The van der Waals surface area contributed by atoms with Gasteiger partial charge in [-0.1, -0.05) is 285 Å². The lowest BCUT2D eigenvalue weighted by Gasteiger charge is -2.35. The average molecular weight is 1200 g/mol. The molecule has 0 radical (unpaired) electrons. The molecule has 4 nitrogen and oxygen atoms in total. The Morgan fingerprint density at radius 1 is 0.289 bits per heavy atom. The lowest BCUT2D eigenvalue weighted by Crippen LogP contribution is -2.27. The third-order valence-corrected chi connectivity index (χ3v) is 20.8. The van der Waals surface area contributed by atoms with Crippen LogP contribution in [0, 0.1) is 0 Å². The predicted molar refractivity (Wildman–Crippen MR) is 342 cm³/mol. The molecule has 76 heavy (non-hydrogen) atoms. The second-order valence-electron chi connectivity index (χ2n) is 24.3. The Hall–Kier alpha value is -1.74. The molecule has 2 heterocycles. The van der Waals surface area contributed by atoms with E-state index < -0.39 is 0 Å². The third-order valence-electron chi connectivity index (χ3n) is 18.6. The monoisotopic (exact) mass is 1200 g/mol. The molecule has 5 aromatic rings. The fraction of sp³-hybridized carbons (Fsp3) is 0.735. The Labute approximate surface area is 490 Å². The fourth-order valence-electron chi connectivity index (χ4n) is 14.2. The molecule has 0 saturated carbocycles. The van der Waals surface area contributed by atoms with Crippen molar-refractivity contribution in [2.75, 3.05) is 0 Å². The van der Waals surface area contributed by atoms with Gasteiger partial charge in [0, 0.05) is 30.9 Å². The molecule has 422 valence electrons. The topological polar surface area (TPSA) is 51.6 Å². The largest absolute Gasteiger partial charge is 0.172 e. The zero-order valence-electron chi connectivity index (χ0n) is 48.8. The number of unbranched alkanes of at least 4 members (excludes halogenated alkanes) is 36. The van der Waals surface area contributed by atoms with Crippen LogP contribution in [-0.4, -0.2) is 17.5 Å². The molecule has 0 N–H and O–H groups in total.